The van der Waals surface area contributed by atoms with Gasteiger partial charge < -0.3 is 15.8 Å². The molecular weight excluding hydrogens is 322 g/mol. The average Bonchev–Trinajstić information content (AvgIpc) is 2.58. The van der Waals surface area contributed by atoms with Gasteiger partial charge >= 0.3 is 5.97 Å². The second-order valence-corrected chi connectivity index (χ2v) is 5.72. The minimum absolute atomic E-state index is 0.0151. The zero-order valence-electron chi connectivity index (χ0n) is 14.2. The van der Waals surface area contributed by atoms with E-state index in [1.165, 1.54) is 6.20 Å². The first kappa shape index (κ1) is 18.4. The molecule has 0 aliphatic heterocycles. The molecule has 2 rings (SSSR count). The van der Waals surface area contributed by atoms with E-state index in [4.69, 9.17) is 10.5 Å². The third kappa shape index (κ3) is 4.53. The maximum atomic E-state index is 12.6. The topological polar surface area (TPSA) is 111 Å². The summed E-state index contributed by atoms with van der Waals surface area (Å²) in [6.45, 7) is 3.61. The second-order valence-electron chi connectivity index (χ2n) is 5.72. The Balaban J connectivity index is 2.20. The zero-order valence-corrected chi connectivity index (χ0v) is 14.2. The Labute approximate surface area is 145 Å². The molecule has 0 aliphatic rings. The van der Waals surface area contributed by atoms with E-state index in [1.807, 2.05) is 6.07 Å². The molecule has 132 valence electrons. The lowest BCUT2D eigenvalue weighted by Crippen LogP contribution is -2.49. The number of rotatable bonds is 7. The smallest absolute Gasteiger partial charge is 0.306 e. The number of carbonyl (C=O) groups is 3. The van der Waals surface area contributed by atoms with Crippen LogP contribution < -0.4 is 11.1 Å². The number of benzene rings is 1. The van der Waals surface area contributed by atoms with Gasteiger partial charge in [0.25, 0.3) is 5.91 Å². The normalized spacial score (nSPS) is 13.0. The lowest BCUT2D eigenvalue weighted by Gasteiger charge is -2.22. The molecule has 0 saturated carbocycles. The SMILES string of the molecule is CCOC(=O)C[C@H](C)[C@H](NC(=O)c1ccnc2ccccc12)C(N)=O. The van der Waals surface area contributed by atoms with Crippen LogP contribution >= 0.6 is 0 Å². The number of ether oxygens (including phenoxy) is 1. The molecule has 7 heteroatoms. The quantitative estimate of drug-likeness (QED) is 0.738. The molecule has 3 N–H and O–H groups in total. The third-order valence-corrected chi connectivity index (χ3v) is 3.85. The van der Waals surface area contributed by atoms with E-state index >= 15 is 0 Å². The number of para-hydroxylation sites is 1. The monoisotopic (exact) mass is 343 g/mol. The predicted molar refractivity (Wildman–Crippen MR) is 92.6 cm³/mol. The second kappa shape index (κ2) is 8.23. The molecule has 2 aromatic rings. The van der Waals surface area contributed by atoms with Crippen LogP contribution in [-0.4, -0.2) is 35.4 Å². The molecule has 0 fully saturated rings. The first-order valence-electron chi connectivity index (χ1n) is 8.03. The van der Waals surface area contributed by atoms with E-state index in [1.54, 1.807) is 38.1 Å². The fourth-order valence-corrected chi connectivity index (χ4v) is 2.61. The van der Waals surface area contributed by atoms with E-state index < -0.39 is 29.7 Å². The van der Waals surface area contributed by atoms with Crippen molar-refractivity contribution in [2.24, 2.45) is 11.7 Å². The molecule has 0 saturated heterocycles. The van der Waals surface area contributed by atoms with Crippen LogP contribution in [0.5, 0.6) is 0 Å². The van der Waals surface area contributed by atoms with Crippen LogP contribution in [0.3, 0.4) is 0 Å². The van der Waals surface area contributed by atoms with Gasteiger partial charge in [-0.1, -0.05) is 25.1 Å². The molecule has 1 aromatic carbocycles. The summed E-state index contributed by atoms with van der Waals surface area (Å²) in [5.41, 5.74) is 6.47. The maximum absolute atomic E-state index is 12.6. The van der Waals surface area contributed by atoms with Gasteiger partial charge in [0.1, 0.15) is 6.04 Å². The fraction of sp³-hybridized carbons (Fsp3) is 0.333. The van der Waals surface area contributed by atoms with Gasteiger partial charge in [-0.3, -0.25) is 19.4 Å². The molecule has 0 radical (unpaired) electrons. The zero-order chi connectivity index (χ0) is 18.4. The van der Waals surface area contributed by atoms with Crippen molar-refractivity contribution in [1.82, 2.24) is 10.3 Å². The molecule has 0 bridgehead atoms. The van der Waals surface area contributed by atoms with Crippen molar-refractivity contribution < 1.29 is 19.1 Å². The summed E-state index contributed by atoms with van der Waals surface area (Å²) >= 11 is 0. The molecule has 0 spiro atoms. The van der Waals surface area contributed by atoms with Crippen LogP contribution in [0.4, 0.5) is 0 Å². The fourth-order valence-electron chi connectivity index (χ4n) is 2.61. The molecule has 1 aromatic heterocycles. The summed E-state index contributed by atoms with van der Waals surface area (Å²) in [5.74, 6) is -2.08. The van der Waals surface area contributed by atoms with E-state index in [9.17, 15) is 14.4 Å². The summed E-state index contributed by atoms with van der Waals surface area (Å²) in [6, 6.07) is 7.79. The largest absolute Gasteiger partial charge is 0.466 e. The van der Waals surface area contributed by atoms with Gasteiger partial charge in [-0.15, -0.1) is 0 Å². The van der Waals surface area contributed by atoms with Crippen LogP contribution in [0, 0.1) is 5.92 Å². The molecule has 1 heterocycles. The standard InChI is InChI=1S/C18H21N3O4/c1-3-25-15(22)10-11(2)16(17(19)23)21-18(24)13-8-9-20-14-7-5-4-6-12(13)14/h4-9,11,16H,3,10H2,1-2H3,(H2,19,23)(H,21,24)/t11-,16-/m0/s1. The van der Waals surface area contributed by atoms with Gasteiger partial charge in [-0.05, 0) is 25.0 Å². The highest BCUT2D eigenvalue weighted by atomic mass is 16.5. The lowest BCUT2D eigenvalue weighted by molar-refractivity contribution is -0.144. The summed E-state index contributed by atoms with van der Waals surface area (Å²) in [7, 11) is 0. The number of carbonyl (C=O) groups excluding carboxylic acids is 3. The number of pyridine rings is 1. The number of nitrogens with zero attached hydrogens (tertiary/aromatic N) is 1. The van der Waals surface area contributed by atoms with E-state index in [2.05, 4.69) is 10.3 Å². The first-order valence-corrected chi connectivity index (χ1v) is 8.03. The predicted octanol–water partition coefficient (Wildman–Crippen LogP) is 1.41. The number of amides is 2. The van der Waals surface area contributed by atoms with Gasteiger partial charge in [0.05, 0.1) is 24.1 Å². The molecule has 25 heavy (non-hydrogen) atoms. The molecule has 0 unspecified atom stereocenters. The van der Waals surface area contributed by atoms with E-state index in [0.29, 0.717) is 16.5 Å². The van der Waals surface area contributed by atoms with E-state index in [0.717, 1.165) is 0 Å². The number of primary amides is 1. The highest BCUT2D eigenvalue weighted by Crippen LogP contribution is 2.17. The van der Waals surface area contributed by atoms with Crippen molar-refractivity contribution in [1.29, 1.82) is 0 Å². The number of fused-ring (bicyclic) bond motifs is 1. The summed E-state index contributed by atoms with van der Waals surface area (Å²) in [5, 5.41) is 3.29. The summed E-state index contributed by atoms with van der Waals surface area (Å²) in [6.07, 6.45) is 1.51. The number of hydrogen-bond acceptors (Lipinski definition) is 5. The van der Waals surface area contributed by atoms with Crippen molar-refractivity contribution in [3.63, 3.8) is 0 Å². The minimum Gasteiger partial charge on any atom is -0.466 e. The van der Waals surface area contributed by atoms with Crippen molar-refractivity contribution >= 4 is 28.7 Å². The van der Waals surface area contributed by atoms with Crippen LogP contribution in [0.2, 0.25) is 0 Å². The van der Waals surface area contributed by atoms with Gasteiger partial charge in [0.15, 0.2) is 0 Å². The van der Waals surface area contributed by atoms with Gasteiger partial charge in [-0.25, -0.2) is 0 Å². The number of hydrogen-bond donors (Lipinski definition) is 2. The Kier molecular flexibility index (Phi) is 6.05. The number of aromatic nitrogens is 1. The Hall–Kier alpha value is -2.96. The van der Waals surface area contributed by atoms with Crippen LogP contribution in [0.25, 0.3) is 10.9 Å². The van der Waals surface area contributed by atoms with Crippen molar-refractivity contribution in [2.45, 2.75) is 26.3 Å². The summed E-state index contributed by atoms with van der Waals surface area (Å²) < 4.78 is 4.88. The average molecular weight is 343 g/mol. The number of nitrogens with one attached hydrogen (secondary N) is 1. The first-order chi connectivity index (χ1) is 11.9. The van der Waals surface area contributed by atoms with Crippen molar-refractivity contribution in [2.75, 3.05) is 6.61 Å². The van der Waals surface area contributed by atoms with Gasteiger partial charge in [-0.2, -0.15) is 0 Å². The Morgan fingerprint density at radius 2 is 1.96 bits per heavy atom. The molecule has 7 nitrogen and oxygen atoms in total. The van der Waals surface area contributed by atoms with Crippen LogP contribution in [0.1, 0.15) is 30.6 Å². The lowest BCUT2D eigenvalue weighted by atomic mass is 9.97. The van der Waals surface area contributed by atoms with Gasteiger partial charge in [0, 0.05) is 11.6 Å². The Morgan fingerprint density at radius 3 is 2.64 bits per heavy atom. The minimum atomic E-state index is -0.983. The Morgan fingerprint density at radius 1 is 1.24 bits per heavy atom. The summed E-state index contributed by atoms with van der Waals surface area (Å²) in [4.78, 5) is 40.2. The number of esters is 1. The maximum Gasteiger partial charge on any atom is 0.306 e. The van der Waals surface area contributed by atoms with Gasteiger partial charge in [0.2, 0.25) is 5.91 Å². The van der Waals surface area contributed by atoms with Crippen molar-refractivity contribution in [3.05, 3.63) is 42.1 Å². The molecule has 2 amide bonds. The molecule has 0 aliphatic carbocycles. The third-order valence-electron chi connectivity index (χ3n) is 3.85. The number of nitrogens with two attached hydrogens (primary N) is 1. The molecule has 2 atom stereocenters. The van der Waals surface area contributed by atoms with Crippen LogP contribution in [-0.2, 0) is 14.3 Å². The van der Waals surface area contributed by atoms with Crippen LogP contribution in [0.15, 0.2) is 36.5 Å². The highest BCUT2D eigenvalue weighted by molar-refractivity contribution is 6.07. The van der Waals surface area contributed by atoms with Crippen molar-refractivity contribution in [3.8, 4) is 0 Å². The molecular formula is C18H21N3O4. The Bertz CT molecular complexity index is 785. The highest BCUT2D eigenvalue weighted by Gasteiger charge is 2.28. The van der Waals surface area contributed by atoms with E-state index in [-0.39, 0.29) is 13.0 Å².